The topological polar surface area (TPSA) is 66.4 Å². The molecule has 0 N–H and O–H groups in total. The zero-order valence-corrected chi connectivity index (χ0v) is 18.3. The van der Waals surface area contributed by atoms with Crippen molar-refractivity contribution in [3.63, 3.8) is 0 Å². The summed E-state index contributed by atoms with van der Waals surface area (Å²) in [5.41, 5.74) is 0.549. The van der Waals surface area contributed by atoms with E-state index in [-0.39, 0.29) is 31.2 Å². The molecule has 2 amide bonds. The van der Waals surface area contributed by atoms with Crippen molar-refractivity contribution < 1.29 is 27.2 Å². The largest absolute Gasteiger partial charge is 0.417 e. The van der Waals surface area contributed by atoms with E-state index in [0.29, 0.717) is 23.9 Å². The van der Waals surface area contributed by atoms with E-state index in [4.69, 9.17) is 0 Å². The highest BCUT2D eigenvalue weighted by Gasteiger charge is 2.42. The van der Waals surface area contributed by atoms with Gasteiger partial charge in [0.1, 0.15) is 0 Å². The lowest BCUT2D eigenvalue weighted by Gasteiger charge is -2.25. The molecule has 10 heteroatoms. The van der Waals surface area contributed by atoms with Gasteiger partial charge in [0.25, 0.3) is 0 Å². The summed E-state index contributed by atoms with van der Waals surface area (Å²) in [5, 5.41) is 0. The second-order valence-corrected chi connectivity index (χ2v) is 8.93. The molecule has 0 bridgehead atoms. The zero-order chi connectivity index (χ0) is 23.9. The third-order valence-corrected chi connectivity index (χ3v) is 6.04. The first-order valence-electron chi connectivity index (χ1n) is 10.8. The van der Waals surface area contributed by atoms with Crippen LogP contribution in [-0.2, 0) is 17.4 Å². The molecule has 1 aliphatic carbocycles. The smallest absolute Gasteiger partial charge is 0.312 e. The molecule has 1 aliphatic heterocycles. The molecule has 0 radical (unpaired) electrons. The molecule has 0 unspecified atom stereocenters. The summed E-state index contributed by atoms with van der Waals surface area (Å²) in [7, 11) is 0. The van der Waals surface area contributed by atoms with E-state index in [2.05, 4.69) is 9.97 Å². The highest BCUT2D eigenvalue weighted by atomic mass is 19.4. The minimum Gasteiger partial charge on any atom is -0.312 e. The zero-order valence-electron chi connectivity index (χ0n) is 18.3. The Bertz CT molecular complexity index is 1070. The highest BCUT2D eigenvalue weighted by Crippen LogP contribution is 2.40. The van der Waals surface area contributed by atoms with Crippen LogP contribution >= 0.6 is 0 Å². The Balaban J connectivity index is 1.50. The predicted molar refractivity (Wildman–Crippen MR) is 112 cm³/mol. The Labute approximate surface area is 188 Å². The van der Waals surface area contributed by atoms with Crippen molar-refractivity contribution in [3.8, 4) is 0 Å². The monoisotopic (exact) mass is 464 g/mol. The third kappa shape index (κ3) is 4.99. The maximum atomic E-state index is 14.5. The number of anilines is 1. The van der Waals surface area contributed by atoms with Crippen LogP contribution < -0.4 is 4.90 Å². The van der Waals surface area contributed by atoms with Crippen LogP contribution in [0.4, 0.5) is 28.2 Å². The molecular weight excluding hydrogens is 440 g/mol. The van der Waals surface area contributed by atoms with Crippen LogP contribution in [0.3, 0.4) is 0 Å². The lowest BCUT2D eigenvalue weighted by molar-refractivity contribution is -0.138. The molecule has 176 valence electrons. The van der Waals surface area contributed by atoms with Gasteiger partial charge in [0.2, 0.25) is 0 Å². The number of pyridine rings is 2. The van der Waals surface area contributed by atoms with Gasteiger partial charge in [-0.1, -0.05) is 13.8 Å². The maximum absolute atomic E-state index is 14.5. The van der Waals surface area contributed by atoms with Crippen molar-refractivity contribution in [2.75, 3.05) is 18.0 Å². The molecule has 1 saturated carbocycles. The number of hydrogen-bond acceptors (Lipinski definition) is 4. The Kier molecular flexibility index (Phi) is 6.11. The second-order valence-electron chi connectivity index (χ2n) is 8.93. The van der Waals surface area contributed by atoms with Crippen LogP contribution in [-0.4, -0.2) is 45.8 Å². The number of amides is 2. The standard InChI is InChI=1S/C23H24F4N4O2/c1-13(2)20-12-31(21-19(24)8-16(10-29-21)23(25,26)27)22(33)30(20)11-18(32)9-17-7-15(5-6-28-17)14-3-4-14/h5-8,10,13-14,20H,3-4,9,11-12H2,1-2H3/t20-/m1/s1. The third-order valence-electron chi connectivity index (χ3n) is 6.04. The lowest BCUT2D eigenvalue weighted by Crippen LogP contribution is -2.41. The van der Waals surface area contributed by atoms with Crippen LogP contribution in [0.15, 0.2) is 30.6 Å². The molecule has 4 rings (SSSR count). The van der Waals surface area contributed by atoms with Gasteiger partial charge in [0.15, 0.2) is 17.4 Å². The van der Waals surface area contributed by atoms with E-state index in [1.165, 1.54) is 4.90 Å². The summed E-state index contributed by atoms with van der Waals surface area (Å²) in [6.07, 6.45) is -0.259. The van der Waals surface area contributed by atoms with Gasteiger partial charge in [-0.25, -0.2) is 14.2 Å². The van der Waals surface area contributed by atoms with Gasteiger partial charge in [-0.15, -0.1) is 0 Å². The van der Waals surface area contributed by atoms with Crippen LogP contribution in [0.5, 0.6) is 0 Å². The van der Waals surface area contributed by atoms with Gasteiger partial charge in [0.05, 0.1) is 31.1 Å². The number of urea groups is 1. The normalized spacial score (nSPS) is 19.0. The molecule has 2 aromatic rings. The Morgan fingerprint density at radius 3 is 2.55 bits per heavy atom. The first-order valence-corrected chi connectivity index (χ1v) is 10.8. The van der Waals surface area contributed by atoms with Crippen molar-refractivity contribution in [2.45, 2.75) is 51.2 Å². The molecular formula is C23H24F4N4O2. The van der Waals surface area contributed by atoms with E-state index in [0.717, 1.165) is 23.3 Å². The minimum absolute atomic E-state index is 0.0223. The summed E-state index contributed by atoms with van der Waals surface area (Å²) in [5.74, 6) is -1.49. The van der Waals surface area contributed by atoms with Gasteiger partial charge in [-0.2, -0.15) is 13.2 Å². The molecule has 3 heterocycles. The second kappa shape index (κ2) is 8.72. The van der Waals surface area contributed by atoms with Crippen LogP contribution in [0, 0.1) is 11.7 Å². The number of ketones is 1. The summed E-state index contributed by atoms with van der Waals surface area (Å²) in [4.78, 5) is 36.0. The highest BCUT2D eigenvalue weighted by molar-refractivity contribution is 5.97. The number of alkyl halides is 3. The summed E-state index contributed by atoms with van der Waals surface area (Å²) in [6, 6.07) is 3.10. The maximum Gasteiger partial charge on any atom is 0.417 e. The van der Waals surface area contributed by atoms with Crippen LogP contribution in [0.1, 0.15) is 49.4 Å². The lowest BCUT2D eigenvalue weighted by atomic mass is 10.0. The number of aromatic nitrogens is 2. The van der Waals surface area contributed by atoms with Crippen LogP contribution in [0.25, 0.3) is 0 Å². The molecule has 2 fully saturated rings. The Morgan fingerprint density at radius 1 is 1.21 bits per heavy atom. The van der Waals surface area contributed by atoms with E-state index < -0.39 is 35.4 Å². The van der Waals surface area contributed by atoms with E-state index >= 15 is 0 Å². The van der Waals surface area contributed by atoms with Crippen molar-refractivity contribution in [1.82, 2.24) is 14.9 Å². The van der Waals surface area contributed by atoms with Gasteiger partial charge in [0, 0.05) is 18.1 Å². The fourth-order valence-corrected chi connectivity index (χ4v) is 4.09. The molecule has 0 aromatic carbocycles. The van der Waals surface area contributed by atoms with Crippen molar-refractivity contribution in [3.05, 3.63) is 53.2 Å². The fraction of sp³-hybridized carbons (Fsp3) is 0.478. The van der Waals surface area contributed by atoms with Crippen molar-refractivity contribution >= 4 is 17.6 Å². The van der Waals surface area contributed by atoms with Gasteiger partial charge < -0.3 is 4.90 Å². The molecule has 6 nitrogen and oxygen atoms in total. The molecule has 1 atom stereocenters. The summed E-state index contributed by atoms with van der Waals surface area (Å²) in [6.45, 7) is 3.54. The van der Waals surface area contributed by atoms with E-state index in [1.807, 2.05) is 26.0 Å². The quantitative estimate of drug-likeness (QED) is 0.563. The summed E-state index contributed by atoms with van der Waals surface area (Å²) < 4.78 is 53.0. The van der Waals surface area contributed by atoms with Crippen LogP contribution in [0.2, 0.25) is 0 Å². The fourth-order valence-electron chi connectivity index (χ4n) is 4.09. The Hall–Kier alpha value is -3.04. The summed E-state index contributed by atoms with van der Waals surface area (Å²) >= 11 is 0. The molecule has 2 aromatic heterocycles. The number of rotatable bonds is 7. The number of hydrogen-bond donors (Lipinski definition) is 0. The number of carbonyl (C=O) groups excluding carboxylic acids is 2. The first kappa shape index (κ1) is 23.1. The average Bonchev–Trinajstić information content (AvgIpc) is 3.53. The number of carbonyl (C=O) groups is 2. The van der Waals surface area contributed by atoms with Gasteiger partial charge in [-0.05, 0) is 48.4 Å². The van der Waals surface area contributed by atoms with E-state index in [1.54, 1.807) is 6.20 Å². The van der Waals surface area contributed by atoms with Gasteiger partial charge in [-0.3, -0.25) is 14.7 Å². The molecule has 1 saturated heterocycles. The number of nitrogens with zero attached hydrogens (tertiary/aromatic N) is 4. The SMILES string of the molecule is CC(C)[C@H]1CN(c2ncc(C(F)(F)F)cc2F)C(=O)N1CC(=O)Cc1cc(C2CC2)ccn1. The van der Waals surface area contributed by atoms with Crippen molar-refractivity contribution in [1.29, 1.82) is 0 Å². The van der Waals surface area contributed by atoms with Gasteiger partial charge >= 0.3 is 12.2 Å². The average molecular weight is 464 g/mol. The van der Waals surface area contributed by atoms with Crippen molar-refractivity contribution in [2.24, 2.45) is 5.92 Å². The molecule has 0 spiro atoms. The molecule has 33 heavy (non-hydrogen) atoms. The predicted octanol–water partition coefficient (Wildman–Crippen LogP) is 4.59. The minimum atomic E-state index is -4.74. The molecule has 2 aliphatic rings. The number of Topliss-reactive ketones (excluding diaryl/α,β-unsaturated/α-hetero) is 1. The number of halogens is 4. The Morgan fingerprint density at radius 2 is 1.94 bits per heavy atom. The first-order chi connectivity index (χ1) is 15.5. The van der Waals surface area contributed by atoms with E-state index in [9.17, 15) is 27.2 Å².